The molecule has 3 rings (SSSR count). The third kappa shape index (κ3) is 3.68. The van der Waals surface area contributed by atoms with Crippen molar-refractivity contribution in [2.75, 3.05) is 12.4 Å². The molecule has 0 unspecified atom stereocenters. The van der Waals surface area contributed by atoms with Crippen molar-refractivity contribution >= 4 is 11.6 Å². The van der Waals surface area contributed by atoms with Gasteiger partial charge in [0.05, 0.1) is 18.4 Å². The predicted molar refractivity (Wildman–Crippen MR) is 86.8 cm³/mol. The number of alkyl halides is 3. The number of methoxy groups -OCH3 is 1. The number of nitrogens with zero attached hydrogens (tertiary/aromatic N) is 1. The number of hydrogen-bond donors (Lipinski definition) is 2. The van der Waals surface area contributed by atoms with E-state index in [1.165, 1.54) is 31.4 Å². The van der Waals surface area contributed by atoms with Crippen molar-refractivity contribution in [2.24, 2.45) is 0 Å². The van der Waals surface area contributed by atoms with E-state index in [4.69, 9.17) is 4.74 Å². The molecule has 0 aliphatic rings. The summed E-state index contributed by atoms with van der Waals surface area (Å²) in [6.07, 6.45) is -4.67. The van der Waals surface area contributed by atoms with E-state index < -0.39 is 34.7 Å². The number of hydrogen-bond acceptors (Lipinski definition) is 4. The molecule has 140 valence electrons. The van der Waals surface area contributed by atoms with Crippen LogP contribution in [0.3, 0.4) is 0 Å². The minimum atomic E-state index is -4.67. The first kappa shape index (κ1) is 18.2. The minimum absolute atomic E-state index is 0.343. The number of benzene rings is 2. The van der Waals surface area contributed by atoms with Crippen LogP contribution >= 0.6 is 0 Å². The Kier molecular flexibility index (Phi) is 4.72. The lowest BCUT2D eigenvalue weighted by atomic mass is 10.1. The normalized spacial score (nSPS) is 11.3. The van der Waals surface area contributed by atoms with Crippen LogP contribution in [0.5, 0.6) is 5.75 Å². The molecule has 3 aromatic rings. The van der Waals surface area contributed by atoms with Gasteiger partial charge in [0.1, 0.15) is 5.75 Å². The monoisotopic (exact) mass is 380 g/mol. The zero-order chi connectivity index (χ0) is 19.6. The number of rotatable bonds is 4. The molecular weight excluding hydrogens is 367 g/mol. The lowest BCUT2D eigenvalue weighted by Gasteiger charge is -2.12. The van der Waals surface area contributed by atoms with Crippen molar-refractivity contribution < 1.29 is 31.9 Å². The van der Waals surface area contributed by atoms with Crippen molar-refractivity contribution in [1.29, 1.82) is 0 Å². The van der Waals surface area contributed by atoms with Gasteiger partial charge in [0, 0.05) is 12.1 Å². The Morgan fingerprint density at radius 1 is 1.15 bits per heavy atom. The first-order valence-corrected chi connectivity index (χ1v) is 7.57. The molecule has 2 aromatic carbocycles. The first-order chi connectivity index (χ1) is 12.8. The number of halogens is 3. The predicted octanol–water partition coefficient (Wildman–Crippen LogP) is 2.52. The van der Waals surface area contributed by atoms with E-state index in [0.717, 1.165) is 16.8 Å². The number of ether oxygens (including phenoxy) is 1. The molecule has 1 aromatic heterocycles. The number of H-pyrrole nitrogens is 1. The van der Waals surface area contributed by atoms with E-state index in [1.807, 2.05) is 0 Å². The highest BCUT2D eigenvalue weighted by molar-refractivity contribution is 6.02. The summed E-state index contributed by atoms with van der Waals surface area (Å²) in [5.41, 5.74) is -2.72. The number of nitrogens with one attached hydrogen (secondary N) is 2. The van der Waals surface area contributed by atoms with Crippen LogP contribution in [0.2, 0.25) is 0 Å². The van der Waals surface area contributed by atoms with Gasteiger partial charge < -0.3 is 10.1 Å². The van der Waals surface area contributed by atoms with Gasteiger partial charge in [-0.05, 0) is 34.2 Å². The fourth-order valence-corrected chi connectivity index (χ4v) is 2.40. The van der Waals surface area contributed by atoms with Gasteiger partial charge in [-0.1, -0.05) is 12.1 Å². The van der Waals surface area contributed by atoms with Crippen molar-refractivity contribution in [3.8, 4) is 11.4 Å². The standard InChI is InChI=1S/C17H12F3N3O4/c1-26-11-8-6-10(7-9-11)23-14(16(25)27-22-23)15(24)21-13-5-3-2-4-12(13)17(18,19)20/h2-9H,1H3,(H-,21,22,24,25)/p+1. The average Bonchev–Trinajstić information content (AvgIpc) is 3.03. The van der Waals surface area contributed by atoms with Crippen LogP contribution in [0.25, 0.3) is 5.69 Å². The number of carbonyl (C=O) groups is 1. The Morgan fingerprint density at radius 2 is 1.81 bits per heavy atom. The van der Waals surface area contributed by atoms with Gasteiger partial charge in [-0.15, -0.1) is 0 Å². The lowest BCUT2D eigenvalue weighted by Crippen LogP contribution is -2.42. The van der Waals surface area contributed by atoms with Gasteiger partial charge in [0.15, 0.2) is 0 Å². The Morgan fingerprint density at radius 3 is 2.44 bits per heavy atom. The molecule has 1 heterocycles. The van der Waals surface area contributed by atoms with Crippen LogP contribution in [0.15, 0.2) is 57.8 Å². The highest BCUT2D eigenvalue weighted by atomic mass is 19.4. The minimum Gasteiger partial charge on any atom is -0.497 e. The number of amides is 1. The van der Waals surface area contributed by atoms with E-state index in [2.05, 4.69) is 15.1 Å². The summed E-state index contributed by atoms with van der Waals surface area (Å²) >= 11 is 0. The summed E-state index contributed by atoms with van der Waals surface area (Å²) in [6.45, 7) is 0. The van der Waals surface area contributed by atoms with Gasteiger partial charge >= 0.3 is 23.4 Å². The fraction of sp³-hybridized carbons (Fsp3) is 0.118. The molecule has 27 heavy (non-hydrogen) atoms. The third-order valence-electron chi connectivity index (χ3n) is 3.67. The van der Waals surface area contributed by atoms with E-state index in [0.29, 0.717) is 11.4 Å². The van der Waals surface area contributed by atoms with Gasteiger partial charge in [0.25, 0.3) is 0 Å². The van der Waals surface area contributed by atoms with Crippen LogP contribution < -0.4 is 20.4 Å². The summed E-state index contributed by atoms with van der Waals surface area (Å²) in [7, 11) is 1.47. The quantitative estimate of drug-likeness (QED) is 0.681. The maximum absolute atomic E-state index is 13.1. The smallest absolute Gasteiger partial charge is 0.441 e. The summed E-state index contributed by atoms with van der Waals surface area (Å²) in [5, 5.41) is 4.35. The number of aromatic amines is 1. The lowest BCUT2D eigenvalue weighted by molar-refractivity contribution is -0.672. The summed E-state index contributed by atoms with van der Waals surface area (Å²) in [4.78, 5) is 24.4. The zero-order valence-electron chi connectivity index (χ0n) is 13.8. The second kappa shape index (κ2) is 6.98. The maximum atomic E-state index is 13.1. The van der Waals surface area contributed by atoms with E-state index in [9.17, 15) is 22.8 Å². The molecule has 1 amide bonds. The molecule has 0 radical (unpaired) electrons. The van der Waals surface area contributed by atoms with Crippen molar-refractivity contribution in [3.05, 3.63) is 70.2 Å². The van der Waals surface area contributed by atoms with Gasteiger partial charge in [-0.25, -0.2) is 4.79 Å². The van der Waals surface area contributed by atoms with Crippen molar-refractivity contribution in [1.82, 2.24) is 5.27 Å². The van der Waals surface area contributed by atoms with Gasteiger partial charge in [0.2, 0.25) is 5.69 Å². The first-order valence-electron chi connectivity index (χ1n) is 7.57. The molecule has 0 saturated carbocycles. The van der Waals surface area contributed by atoms with Gasteiger partial charge in [-0.3, -0.25) is 9.32 Å². The third-order valence-corrected chi connectivity index (χ3v) is 3.67. The van der Waals surface area contributed by atoms with E-state index in [-0.39, 0.29) is 0 Å². The Labute approximate surface area is 149 Å². The topological polar surface area (TPSA) is 88.2 Å². The maximum Gasteiger partial charge on any atom is 0.441 e. The molecular formula is C17H13F3N3O4+. The second-order valence-corrected chi connectivity index (χ2v) is 5.36. The zero-order valence-corrected chi connectivity index (χ0v) is 13.8. The molecule has 0 fully saturated rings. The van der Waals surface area contributed by atoms with Crippen molar-refractivity contribution in [3.63, 3.8) is 0 Å². The Balaban J connectivity index is 1.97. The molecule has 0 aliphatic heterocycles. The van der Waals surface area contributed by atoms with E-state index in [1.54, 1.807) is 12.1 Å². The Hall–Kier alpha value is -3.56. The molecule has 0 aliphatic carbocycles. The number of para-hydroxylation sites is 1. The molecule has 10 heteroatoms. The largest absolute Gasteiger partial charge is 0.497 e. The summed E-state index contributed by atoms with van der Waals surface area (Å²) in [5.74, 6) is -0.521. The van der Waals surface area contributed by atoms with Crippen LogP contribution in [0.1, 0.15) is 16.1 Å². The van der Waals surface area contributed by atoms with Crippen LogP contribution in [0.4, 0.5) is 18.9 Å². The summed E-state index contributed by atoms with van der Waals surface area (Å²) in [6, 6.07) is 10.7. The van der Waals surface area contributed by atoms with Crippen LogP contribution in [0, 0.1) is 0 Å². The number of anilines is 1. The fourth-order valence-electron chi connectivity index (χ4n) is 2.40. The highest BCUT2D eigenvalue weighted by Crippen LogP contribution is 2.34. The molecule has 0 bridgehead atoms. The molecule has 7 nitrogen and oxygen atoms in total. The number of carbonyl (C=O) groups excluding carboxylic acids is 1. The Bertz CT molecular complexity index is 1020. The second-order valence-electron chi connectivity index (χ2n) is 5.36. The van der Waals surface area contributed by atoms with E-state index >= 15 is 0 Å². The highest BCUT2D eigenvalue weighted by Gasteiger charge is 2.36. The molecule has 0 atom stereocenters. The van der Waals surface area contributed by atoms with Crippen LogP contribution in [-0.4, -0.2) is 18.3 Å². The van der Waals surface area contributed by atoms with Gasteiger partial charge in [-0.2, -0.15) is 13.2 Å². The van der Waals surface area contributed by atoms with Crippen LogP contribution in [-0.2, 0) is 6.18 Å². The SMILES string of the molecule is COc1ccc(-[n+]2[nH]oc(=O)c2C(=O)Nc2ccccc2C(F)(F)F)cc1. The molecule has 0 saturated heterocycles. The molecule has 2 N–H and O–H groups in total. The molecule has 0 spiro atoms. The van der Waals surface area contributed by atoms with Crippen molar-refractivity contribution in [2.45, 2.75) is 6.18 Å². The average molecular weight is 380 g/mol. The number of aromatic nitrogens is 2. The summed E-state index contributed by atoms with van der Waals surface area (Å²) < 4.78 is 49.9.